The number of carbonyl (C=O) groups is 1. The number of nitrogens with one attached hydrogen (secondary N) is 1. The number of nitrogens with two attached hydrogens (primary N) is 1. The van der Waals surface area contributed by atoms with Crippen molar-refractivity contribution in [2.45, 2.75) is 0 Å². The van der Waals surface area contributed by atoms with Crippen LogP contribution < -0.4 is 11.2 Å². The number of nitrogen functional groups attached to an aromatic ring is 1. The standard InChI is InChI=1S/C11H18N4O/c1-14(2)11(16)9-6-5-8(12)7-10(9)13-15(3)4/h5-7,13H,12H2,1-4H3. The van der Waals surface area contributed by atoms with Gasteiger partial charge < -0.3 is 16.1 Å². The van der Waals surface area contributed by atoms with E-state index in [9.17, 15) is 4.79 Å². The zero-order valence-corrected chi connectivity index (χ0v) is 10.1. The Labute approximate surface area is 95.8 Å². The van der Waals surface area contributed by atoms with Crippen molar-refractivity contribution >= 4 is 17.3 Å². The highest BCUT2D eigenvalue weighted by molar-refractivity contribution is 5.99. The summed E-state index contributed by atoms with van der Waals surface area (Å²) in [6.45, 7) is 0. The lowest BCUT2D eigenvalue weighted by atomic mass is 10.1. The summed E-state index contributed by atoms with van der Waals surface area (Å²) >= 11 is 0. The van der Waals surface area contributed by atoms with Crippen LogP contribution in [0.3, 0.4) is 0 Å². The van der Waals surface area contributed by atoms with Gasteiger partial charge >= 0.3 is 0 Å². The monoisotopic (exact) mass is 222 g/mol. The summed E-state index contributed by atoms with van der Waals surface area (Å²) in [5, 5.41) is 1.77. The van der Waals surface area contributed by atoms with Gasteiger partial charge in [-0.15, -0.1) is 0 Å². The van der Waals surface area contributed by atoms with E-state index in [0.29, 0.717) is 16.9 Å². The summed E-state index contributed by atoms with van der Waals surface area (Å²) in [6.07, 6.45) is 0. The summed E-state index contributed by atoms with van der Waals surface area (Å²) in [4.78, 5) is 13.4. The van der Waals surface area contributed by atoms with Crippen molar-refractivity contribution in [2.24, 2.45) is 0 Å². The van der Waals surface area contributed by atoms with Gasteiger partial charge in [-0.1, -0.05) is 0 Å². The average Bonchev–Trinajstić information content (AvgIpc) is 2.15. The Morgan fingerprint density at radius 2 is 1.88 bits per heavy atom. The van der Waals surface area contributed by atoms with Crippen LogP contribution in [-0.2, 0) is 0 Å². The van der Waals surface area contributed by atoms with Gasteiger partial charge in [0.05, 0.1) is 11.3 Å². The summed E-state index contributed by atoms with van der Waals surface area (Å²) < 4.78 is 0. The third-order valence-corrected chi connectivity index (χ3v) is 2.02. The van der Waals surface area contributed by atoms with Crippen molar-refractivity contribution in [3.05, 3.63) is 23.8 Å². The van der Waals surface area contributed by atoms with Crippen molar-refractivity contribution in [1.29, 1.82) is 0 Å². The molecule has 5 nitrogen and oxygen atoms in total. The molecule has 0 saturated heterocycles. The molecule has 1 aromatic rings. The van der Waals surface area contributed by atoms with E-state index in [4.69, 9.17) is 5.73 Å². The van der Waals surface area contributed by atoms with Gasteiger partial charge in [-0.3, -0.25) is 4.79 Å². The van der Waals surface area contributed by atoms with E-state index >= 15 is 0 Å². The molecule has 0 bridgehead atoms. The molecule has 0 atom stereocenters. The lowest BCUT2D eigenvalue weighted by Crippen LogP contribution is -2.26. The molecule has 0 aliphatic heterocycles. The molecule has 0 radical (unpaired) electrons. The van der Waals surface area contributed by atoms with Gasteiger partial charge in [-0.05, 0) is 18.2 Å². The molecule has 88 valence electrons. The van der Waals surface area contributed by atoms with Crippen LogP contribution in [0.2, 0.25) is 0 Å². The number of benzene rings is 1. The van der Waals surface area contributed by atoms with Crippen molar-refractivity contribution in [2.75, 3.05) is 39.4 Å². The summed E-state index contributed by atoms with van der Waals surface area (Å²) in [5.74, 6) is -0.0515. The van der Waals surface area contributed by atoms with Gasteiger partial charge in [-0.25, -0.2) is 5.01 Å². The molecule has 0 fully saturated rings. The number of amides is 1. The number of hydrazine groups is 1. The maximum atomic E-state index is 11.9. The highest BCUT2D eigenvalue weighted by Crippen LogP contribution is 2.20. The minimum absolute atomic E-state index is 0.0515. The number of hydrogen-bond acceptors (Lipinski definition) is 4. The van der Waals surface area contributed by atoms with Crippen molar-refractivity contribution in [3.8, 4) is 0 Å². The summed E-state index contributed by atoms with van der Waals surface area (Å²) in [6, 6.07) is 5.19. The van der Waals surface area contributed by atoms with Gasteiger partial charge in [0.2, 0.25) is 0 Å². The first kappa shape index (κ1) is 12.3. The fourth-order valence-electron chi connectivity index (χ4n) is 1.32. The van der Waals surface area contributed by atoms with Crippen LogP contribution in [0.4, 0.5) is 11.4 Å². The summed E-state index contributed by atoms with van der Waals surface area (Å²) in [7, 11) is 7.15. The molecule has 0 spiro atoms. The predicted octanol–water partition coefficient (Wildman–Crippen LogP) is 0.859. The Morgan fingerprint density at radius 1 is 1.25 bits per heavy atom. The van der Waals surface area contributed by atoms with E-state index in [0.717, 1.165) is 0 Å². The second-order valence-corrected chi connectivity index (χ2v) is 4.01. The molecule has 0 aromatic heterocycles. The molecule has 0 heterocycles. The van der Waals surface area contributed by atoms with Crippen molar-refractivity contribution in [1.82, 2.24) is 9.91 Å². The molecule has 0 unspecified atom stereocenters. The molecule has 0 aliphatic rings. The van der Waals surface area contributed by atoms with Gasteiger partial charge in [-0.2, -0.15) is 0 Å². The number of rotatable bonds is 3. The summed E-state index contributed by atoms with van der Waals surface area (Å²) in [5.41, 5.74) is 10.7. The zero-order valence-electron chi connectivity index (χ0n) is 10.1. The second-order valence-electron chi connectivity index (χ2n) is 4.01. The minimum atomic E-state index is -0.0515. The first-order valence-electron chi connectivity index (χ1n) is 4.97. The number of nitrogens with zero attached hydrogens (tertiary/aromatic N) is 2. The normalized spacial score (nSPS) is 10.3. The van der Waals surface area contributed by atoms with E-state index in [-0.39, 0.29) is 5.91 Å². The van der Waals surface area contributed by atoms with Crippen LogP contribution in [0.5, 0.6) is 0 Å². The Balaban J connectivity index is 3.12. The van der Waals surface area contributed by atoms with E-state index in [1.807, 2.05) is 14.1 Å². The van der Waals surface area contributed by atoms with Crippen LogP contribution in [0.1, 0.15) is 10.4 Å². The maximum Gasteiger partial charge on any atom is 0.255 e. The molecule has 1 amide bonds. The molecule has 1 aromatic carbocycles. The van der Waals surface area contributed by atoms with Crippen molar-refractivity contribution < 1.29 is 4.79 Å². The van der Waals surface area contributed by atoms with E-state index < -0.39 is 0 Å². The molecule has 0 aliphatic carbocycles. The minimum Gasteiger partial charge on any atom is -0.399 e. The van der Waals surface area contributed by atoms with Crippen LogP contribution in [0.15, 0.2) is 18.2 Å². The molecule has 3 N–H and O–H groups in total. The largest absolute Gasteiger partial charge is 0.399 e. The van der Waals surface area contributed by atoms with E-state index in [1.54, 1.807) is 37.3 Å². The lowest BCUT2D eigenvalue weighted by Gasteiger charge is -2.19. The number of carbonyl (C=O) groups excluding carboxylic acids is 1. The highest BCUT2D eigenvalue weighted by Gasteiger charge is 2.13. The van der Waals surface area contributed by atoms with Crippen LogP contribution in [0, 0.1) is 0 Å². The molecular formula is C11H18N4O. The fraction of sp³-hybridized carbons (Fsp3) is 0.364. The Morgan fingerprint density at radius 3 is 2.38 bits per heavy atom. The molecular weight excluding hydrogens is 204 g/mol. The first-order chi connectivity index (χ1) is 7.41. The Hall–Kier alpha value is -1.75. The lowest BCUT2D eigenvalue weighted by molar-refractivity contribution is 0.0828. The topological polar surface area (TPSA) is 61.6 Å². The van der Waals surface area contributed by atoms with E-state index in [1.165, 1.54) is 4.90 Å². The quantitative estimate of drug-likeness (QED) is 0.588. The molecule has 1 rings (SSSR count). The van der Waals surface area contributed by atoms with Gasteiger partial charge in [0.25, 0.3) is 5.91 Å². The number of anilines is 2. The molecule has 16 heavy (non-hydrogen) atoms. The predicted molar refractivity (Wildman–Crippen MR) is 66.2 cm³/mol. The Kier molecular flexibility index (Phi) is 3.73. The van der Waals surface area contributed by atoms with Gasteiger partial charge in [0.1, 0.15) is 0 Å². The van der Waals surface area contributed by atoms with E-state index in [2.05, 4.69) is 5.43 Å². The van der Waals surface area contributed by atoms with Crippen LogP contribution >= 0.6 is 0 Å². The van der Waals surface area contributed by atoms with Crippen LogP contribution in [0.25, 0.3) is 0 Å². The second kappa shape index (κ2) is 4.85. The molecule has 5 heteroatoms. The average molecular weight is 222 g/mol. The first-order valence-corrected chi connectivity index (χ1v) is 4.97. The van der Waals surface area contributed by atoms with Crippen LogP contribution in [-0.4, -0.2) is 44.0 Å². The van der Waals surface area contributed by atoms with Gasteiger partial charge in [0.15, 0.2) is 0 Å². The highest BCUT2D eigenvalue weighted by atomic mass is 16.2. The smallest absolute Gasteiger partial charge is 0.255 e. The van der Waals surface area contributed by atoms with Crippen molar-refractivity contribution in [3.63, 3.8) is 0 Å². The third-order valence-electron chi connectivity index (χ3n) is 2.02. The fourth-order valence-corrected chi connectivity index (χ4v) is 1.32. The number of hydrogen-bond donors (Lipinski definition) is 2. The Bertz CT molecular complexity index is 388. The third kappa shape index (κ3) is 2.87. The zero-order chi connectivity index (χ0) is 12.3. The molecule has 0 saturated carbocycles. The maximum absolute atomic E-state index is 11.9. The van der Waals surface area contributed by atoms with Gasteiger partial charge in [0, 0.05) is 33.9 Å². The SMILES string of the molecule is CN(C)Nc1cc(N)ccc1C(=O)N(C)C.